The molecule has 0 radical (unpaired) electrons. The number of anilines is 1. The van der Waals surface area contributed by atoms with Gasteiger partial charge in [-0.05, 0) is 53.0 Å². The van der Waals surface area contributed by atoms with Crippen LogP contribution in [0.3, 0.4) is 0 Å². The van der Waals surface area contributed by atoms with Gasteiger partial charge in [0, 0.05) is 18.4 Å². The number of hydrogen-bond donors (Lipinski definition) is 1. The van der Waals surface area contributed by atoms with Crippen molar-refractivity contribution in [2.75, 3.05) is 11.9 Å². The van der Waals surface area contributed by atoms with Crippen LogP contribution in [-0.2, 0) is 0 Å². The molecule has 2 aromatic heterocycles. The number of carbonyl (C=O) groups excluding carboxylic acids is 1. The lowest BCUT2D eigenvalue weighted by Crippen LogP contribution is -2.37. The number of nitrogens with one attached hydrogen (secondary N) is 1. The maximum Gasteiger partial charge on any atom is 0.322 e. The SMILES string of the molecule is O=C(Nc1ccnc(Br)c1)N1CCCCC[C@H]1c1ccco1. The van der Waals surface area contributed by atoms with Crippen LogP contribution in [0.15, 0.2) is 45.7 Å². The van der Waals surface area contributed by atoms with Crippen LogP contribution in [0.2, 0.25) is 0 Å². The van der Waals surface area contributed by atoms with Crippen molar-refractivity contribution in [2.24, 2.45) is 0 Å². The highest BCUT2D eigenvalue weighted by molar-refractivity contribution is 9.10. The van der Waals surface area contributed by atoms with Crippen LogP contribution in [0.5, 0.6) is 0 Å². The fourth-order valence-electron chi connectivity index (χ4n) is 2.80. The van der Waals surface area contributed by atoms with Gasteiger partial charge in [0.25, 0.3) is 0 Å². The Morgan fingerprint density at radius 3 is 3.05 bits per heavy atom. The maximum atomic E-state index is 12.7. The molecular weight excluding hydrogens is 346 g/mol. The molecule has 3 heterocycles. The van der Waals surface area contributed by atoms with E-state index in [9.17, 15) is 4.79 Å². The van der Waals surface area contributed by atoms with E-state index in [1.807, 2.05) is 17.0 Å². The highest BCUT2D eigenvalue weighted by atomic mass is 79.9. The zero-order chi connectivity index (χ0) is 15.4. The number of halogens is 1. The van der Waals surface area contributed by atoms with Crippen LogP contribution >= 0.6 is 15.9 Å². The Kier molecular flexibility index (Phi) is 4.77. The quantitative estimate of drug-likeness (QED) is 0.794. The summed E-state index contributed by atoms with van der Waals surface area (Å²) in [7, 11) is 0. The maximum absolute atomic E-state index is 12.7. The highest BCUT2D eigenvalue weighted by Crippen LogP contribution is 2.31. The predicted octanol–water partition coefficient (Wildman–Crippen LogP) is 4.59. The first-order valence-corrected chi connectivity index (χ1v) is 8.26. The summed E-state index contributed by atoms with van der Waals surface area (Å²) in [5.41, 5.74) is 0.731. The van der Waals surface area contributed by atoms with Crippen LogP contribution in [0.4, 0.5) is 10.5 Å². The fourth-order valence-corrected chi connectivity index (χ4v) is 3.17. The molecule has 2 aromatic rings. The van der Waals surface area contributed by atoms with E-state index in [1.54, 1.807) is 24.6 Å². The Morgan fingerprint density at radius 2 is 2.27 bits per heavy atom. The number of hydrogen-bond acceptors (Lipinski definition) is 3. The molecule has 0 unspecified atom stereocenters. The van der Waals surface area contributed by atoms with Gasteiger partial charge in [0.05, 0.1) is 12.3 Å². The summed E-state index contributed by atoms with van der Waals surface area (Å²) < 4.78 is 6.24. The number of rotatable bonds is 2. The third-order valence-corrected chi connectivity index (χ3v) is 4.30. The molecule has 22 heavy (non-hydrogen) atoms. The molecule has 5 nitrogen and oxygen atoms in total. The molecule has 0 aliphatic carbocycles. The Bertz CT molecular complexity index is 630. The van der Waals surface area contributed by atoms with E-state index in [1.165, 1.54) is 0 Å². The molecule has 1 aliphatic heterocycles. The standard InChI is InChI=1S/C16H18BrN3O2/c17-15-11-12(7-8-18-15)19-16(21)20-9-3-1-2-5-13(20)14-6-4-10-22-14/h4,6-8,10-11,13H,1-3,5,9H2,(H,18,19,21)/t13-/m0/s1. The van der Waals surface area contributed by atoms with E-state index < -0.39 is 0 Å². The number of likely N-dealkylation sites (tertiary alicyclic amines) is 1. The summed E-state index contributed by atoms with van der Waals surface area (Å²) in [6, 6.07) is 7.29. The summed E-state index contributed by atoms with van der Waals surface area (Å²) in [6.07, 6.45) is 7.52. The van der Waals surface area contributed by atoms with Gasteiger partial charge in [-0.15, -0.1) is 0 Å². The summed E-state index contributed by atoms with van der Waals surface area (Å²) in [6.45, 7) is 0.740. The van der Waals surface area contributed by atoms with Gasteiger partial charge >= 0.3 is 6.03 Å². The summed E-state index contributed by atoms with van der Waals surface area (Å²) in [5, 5.41) is 2.95. The van der Waals surface area contributed by atoms with Crippen LogP contribution < -0.4 is 5.32 Å². The molecule has 0 aromatic carbocycles. The number of aromatic nitrogens is 1. The van der Waals surface area contributed by atoms with Crippen molar-refractivity contribution in [2.45, 2.75) is 31.7 Å². The molecule has 1 aliphatic rings. The van der Waals surface area contributed by atoms with Crippen molar-refractivity contribution in [1.29, 1.82) is 0 Å². The average molecular weight is 364 g/mol. The smallest absolute Gasteiger partial charge is 0.322 e. The molecular formula is C16H18BrN3O2. The van der Waals surface area contributed by atoms with E-state index in [0.717, 1.165) is 43.7 Å². The Morgan fingerprint density at radius 1 is 1.36 bits per heavy atom. The zero-order valence-electron chi connectivity index (χ0n) is 12.2. The van der Waals surface area contributed by atoms with E-state index in [0.29, 0.717) is 4.60 Å². The van der Waals surface area contributed by atoms with E-state index in [4.69, 9.17) is 4.42 Å². The second-order valence-corrected chi connectivity index (χ2v) is 6.18. The molecule has 1 N–H and O–H groups in total. The molecule has 1 saturated heterocycles. The topological polar surface area (TPSA) is 58.4 Å². The molecule has 116 valence electrons. The molecule has 0 bridgehead atoms. The lowest BCUT2D eigenvalue weighted by Gasteiger charge is -2.28. The number of pyridine rings is 1. The molecule has 6 heteroatoms. The number of urea groups is 1. The van der Waals surface area contributed by atoms with Crippen LogP contribution in [-0.4, -0.2) is 22.5 Å². The molecule has 2 amide bonds. The normalized spacial score (nSPS) is 18.8. The molecule has 1 fully saturated rings. The van der Waals surface area contributed by atoms with Gasteiger partial charge in [-0.1, -0.05) is 12.8 Å². The Hall–Kier alpha value is -1.82. The van der Waals surface area contributed by atoms with Gasteiger partial charge in [-0.2, -0.15) is 0 Å². The van der Waals surface area contributed by atoms with E-state index in [-0.39, 0.29) is 12.1 Å². The molecule has 0 spiro atoms. The third-order valence-electron chi connectivity index (χ3n) is 3.86. The van der Waals surface area contributed by atoms with Gasteiger partial charge in [0.1, 0.15) is 10.4 Å². The van der Waals surface area contributed by atoms with Gasteiger partial charge in [0.2, 0.25) is 0 Å². The van der Waals surface area contributed by atoms with Crippen molar-refractivity contribution in [3.8, 4) is 0 Å². The lowest BCUT2D eigenvalue weighted by atomic mass is 10.1. The second kappa shape index (κ2) is 6.96. The monoisotopic (exact) mass is 363 g/mol. The van der Waals surface area contributed by atoms with Gasteiger partial charge in [-0.25, -0.2) is 9.78 Å². The van der Waals surface area contributed by atoms with Gasteiger partial charge < -0.3 is 14.6 Å². The van der Waals surface area contributed by atoms with Crippen molar-refractivity contribution >= 4 is 27.6 Å². The zero-order valence-corrected chi connectivity index (χ0v) is 13.8. The third kappa shape index (κ3) is 3.50. The van der Waals surface area contributed by atoms with E-state index in [2.05, 4.69) is 26.2 Å². The first kappa shape index (κ1) is 15.1. The first-order chi connectivity index (χ1) is 10.7. The largest absolute Gasteiger partial charge is 0.467 e. The fraction of sp³-hybridized carbons (Fsp3) is 0.375. The van der Waals surface area contributed by atoms with Crippen molar-refractivity contribution in [1.82, 2.24) is 9.88 Å². The Balaban J connectivity index is 1.78. The molecule has 0 saturated carbocycles. The van der Waals surface area contributed by atoms with E-state index >= 15 is 0 Å². The average Bonchev–Trinajstić information content (AvgIpc) is 2.91. The Labute approximate surface area is 137 Å². The van der Waals surface area contributed by atoms with Crippen LogP contribution in [0, 0.1) is 0 Å². The number of furan rings is 1. The van der Waals surface area contributed by atoms with Crippen molar-refractivity contribution in [3.63, 3.8) is 0 Å². The number of nitrogens with zero attached hydrogens (tertiary/aromatic N) is 2. The first-order valence-electron chi connectivity index (χ1n) is 7.46. The van der Waals surface area contributed by atoms with Gasteiger partial charge in [-0.3, -0.25) is 0 Å². The summed E-state index contributed by atoms with van der Waals surface area (Å²) in [4.78, 5) is 18.6. The second-order valence-electron chi connectivity index (χ2n) is 5.37. The molecule has 1 atom stereocenters. The minimum absolute atomic E-state index is 0.00257. The van der Waals surface area contributed by atoms with Gasteiger partial charge in [0.15, 0.2) is 0 Å². The molecule has 3 rings (SSSR count). The number of carbonyl (C=O) groups is 1. The predicted molar refractivity (Wildman–Crippen MR) is 87.6 cm³/mol. The summed E-state index contributed by atoms with van der Waals surface area (Å²) >= 11 is 3.31. The van der Waals surface area contributed by atoms with Crippen molar-refractivity contribution in [3.05, 3.63) is 47.1 Å². The van der Waals surface area contributed by atoms with Crippen LogP contribution in [0.1, 0.15) is 37.5 Å². The minimum atomic E-state index is -0.0959. The minimum Gasteiger partial charge on any atom is -0.467 e. The van der Waals surface area contributed by atoms with Crippen molar-refractivity contribution < 1.29 is 9.21 Å². The lowest BCUT2D eigenvalue weighted by molar-refractivity contribution is 0.179. The van der Waals surface area contributed by atoms with Crippen LogP contribution in [0.25, 0.3) is 0 Å². The highest BCUT2D eigenvalue weighted by Gasteiger charge is 2.28. The summed E-state index contributed by atoms with van der Waals surface area (Å²) in [5.74, 6) is 0.855. The number of amides is 2.